The molecule has 1 atom stereocenters. The molecule has 39 heavy (non-hydrogen) atoms. The standard InChI is InChI=1S/C26H16BrCl2F3N2O4S/c1-3-9-38-21-14(10-16(29)12-17(21)27)11-18-23(35)34-20(13-5-7-15(28)8-6-13)19(24(36)37-4-2)22(26(30,31)32)33-25(34)39-18/h1,5-8,10-12,20H,4,9H2,2H3/b18-11-/t20-/m1/s1. The molecule has 0 amide bonds. The van der Waals surface area contributed by atoms with Gasteiger partial charge in [-0.1, -0.05) is 52.6 Å². The molecule has 0 N–H and O–H groups in total. The normalized spacial score (nSPS) is 15.4. The van der Waals surface area contributed by atoms with Crippen molar-refractivity contribution in [3.63, 3.8) is 0 Å². The third-order valence-electron chi connectivity index (χ3n) is 5.40. The molecule has 4 rings (SSSR count). The number of esters is 1. The Balaban J connectivity index is 2.05. The van der Waals surface area contributed by atoms with E-state index in [1.807, 2.05) is 0 Å². The van der Waals surface area contributed by atoms with E-state index in [2.05, 4.69) is 26.8 Å². The molecule has 0 unspecified atom stereocenters. The van der Waals surface area contributed by atoms with Crippen LogP contribution in [-0.2, 0) is 9.53 Å². The van der Waals surface area contributed by atoms with Crippen molar-refractivity contribution in [1.82, 2.24) is 4.57 Å². The number of thiazole rings is 1. The number of rotatable bonds is 6. The highest BCUT2D eigenvalue weighted by Gasteiger charge is 2.45. The molecule has 2 heterocycles. The Morgan fingerprint density at radius 1 is 1.26 bits per heavy atom. The fourth-order valence-corrected chi connectivity index (χ4v) is 5.96. The fraction of sp³-hybridized carbons (Fsp3) is 0.192. The lowest BCUT2D eigenvalue weighted by Gasteiger charge is -2.26. The van der Waals surface area contributed by atoms with Gasteiger partial charge in [-0.05, 0) is 58.8 Å². The number of fused-ring (bicyclic) bond motifs is 1. The minimum absolute atomic E-state index is 0.0130. The molecule has 0 bridgehead atoms. The van der Waals surface area contributed by atoms with Crippen LogP contribution in [0.15, 0.2) is 61.9 Å². The number of carbonyl (C=O) groups is 1. The van der Waals surface area contributed by atoms with Crippen LogP contribution in [0.4, 0.5) is 13.2 Å². The summed E-state index contributed by atoms with van der Waals surface area (Å²) in [7, 11) is 0. The molecule has 0 aliphatic carbocycles. The number of halogens is 6. The Kier molecular flexibility index (Phi) is 8.61. The maximum atomic E-state index is 14.2. The average molecular weight is 660 g/mol. The van der Waals surface area contributed by atoms with Gasteiger partial charge < -0.3 is 9.47 Å². The second kappa shape index (κ2) is 11.6. The Labute approximate surface area is 242 Å². The third-order valence-corrected chi connectivity index (χ3v) is 7.45. The minimum Gasteiger partial charge on any atom is -0.479 e. The summed E-state index contributed by atoms with van der Waals surface area (Å²) in [5.41, 5.74) is -2.40. The largest absolute Gasteiger partial charge is 0.479 e. The van der Waals surface area contributed by atoms with Crippen LogP contribution in [0.25, 0.3) is 6.08 Å². The second-order valence-electron chi connectivity index (χ2n) is 7.91. The summed E-state index contributed by atoms with van der Waals surface area (Å²) in [6, 6.07) is 7.35. The summed E-state index contributed by atoms with van der Waals surface area (Å²) < 4.78 is 54.7. The van der Waals surface area contributed by atoms with Gasteiger partial charge >= 0.3 is 12.1 Å². The van der Waals surface area contributed by atoms with E-state index in [1.54, 1.807) is 6.07 Å². The van der Waals surface area contributed by atoms with Gasteiger partial charge in [0.15, 0.2) is 10.5 Å². The molecule has 202 valence electrons. The van der Waals surface area contributed by atoms with Crippen LogP contribution < -0.4 is 19.6 Å². The Hall–Kier alpha value is -3.04. The number of aromatic nitrogens is 1. The van der Waals surface area contributed by atoms with Gasteiger partial charge in [0.05, 0.1) is 27.2 Å². The Morgan fingerprint density at radius 2 is 1.95 bits per heavy atom. The molecule has 13 heteroatoms. The quantitative estimate of drug-likeness (QED) is 0.262. The van der Waals surface area contributed by atoms with E-state index >= 15 is 0 Å². The summed E-state index contributed by atoms with van der Waals surface area (Å²) in [5.74, 6) is 1.37. The number of nitrogens with zero attached hydrogens (tertiary/aromatic N) is 2. The van der Waals surface area contributed by atoms with Gasteiger partial charge in [-0.3, -0.25) is 9.36 Å². The zero-order chi connectivity index (χ0) is 28.5. The SMILES string of the molecule is C#CCOc1c(Br)cc(Cl)cc1/C=c1\sc2n(c1=O)[C@H](c1ccc(Cl)cc1)C(C(=O)OCC)=C(C(F)(F)F)N=2. The predicted octanol–water partition coefficient (Wildman–Crippen LogP) is 5.42. The number of allylic oxidation sites excluding steroid dienone is 1. The van der Waals surface area contributed by atoms with Crippen molar-refractivity contribution in [2.24, 2.45) is 4.99 Å². The van der Waals surface area contributed by atoms with Crippen molar-refractivity contribution in [2.75, 3.05) is 13.2 Å². The Morgan fingerprint density at radius 3 is 2.56 bits per heavy atom. The Bertz CT molecular complexity index is 1710. The van der Waals surface area contributed by atoms with Crippen molar-refractivity contribution in [3.05, 3.63) is 93.0 Å². The predicted molar refractivity (Wildman–Crippen MR) is 146 cm³/mol. The number of terminal acetylenes is 1. The lowest BCUT2D eigenvalue weighted by atomic mass is 9.95. The van der Waals surface area contributed by atoms with E-state index in [0.717, 1.165) is 4.57 Å². The van der Waals surface area contributed by atoms with E-state index in [4.69, 9.17) is 39.1 Å². The number of carbonyl (C=O) groups excluding carboxylic acids is 1. The second-order valence-corrected chi connectivity index (χ2v) is 10.6. The van der Waals surface area contributed by atoms with Crippen molar-refractivity contribution in [3.8, 4) is 18.1 Å². The molecular formula is C26H16BrCl2F3N2O4S. The summed E-state index contributed by atoms with van der Waals surface area (Å²) in [6.45, 7) is 1.19. The van der Waals surface area contributed by atoms with Gasteiger partial charge in [-0.15, -0.1) is 6.42 Å². The molecule has 1 aliphatic heterocycles. The van der Waals surface area contributed by atoms with Gasteiger partial charge in [-0.25, -0.2) is 9.79 Å². The smallest absolute Gasteiger partial charge is 0.434 e. The molecular weight excluding hydrogens is 644 g/mol. The van der Waals surface area contributed by atoms with Crippen molar-refractivity contribution < 1.29 is 27.4 Å². The molecule has 3 aromatic rings. The zero-order valence-electron chi connectivity index (χ0n) is 19.8. The fourth-order valence-electron chi connectivity index (χ4n) is 3.90. The van der Waals surface area contributed by atoms with Crippen LogP contribution in [0.5, 0.6) is 5.75 Å². The molecule has 1 aromatic heterocycles. The highest BCUT2D eigenvalue weighted by Crippen LogP contribution is 2.39. The average Bonchev–Trinajstić information content (AvgIpc) is 3.17. The van der Waals surface area contributed by atoms with Gasteiger partial charge in [-0.2, -0.15) is 13.2 Å². The van der Waals surface area contributed by atoms with Gasteiger partial charge in [0.1, 0.15) is 12.4 Å². The van der Waals surface area contributed by atoms with Gasteiger partial charge in [0, 0.05) is 15.6 Å². The number of ether oxygens (including phenoxy) is 2. The molecule has 0 fully saturated rings. The van der Waals surface area contributed by atoms with Gasteiger partial charge in [0.2, 0.25) is 0 Å². The van der Waals surface area contributed by atoms with E-state index in [9.17, 15) is 22.8 Å². The van der Waals surface area contributed by atoms with Crippen LogP contribution in [0.3, 0.4) is 0 Å². The van der Waals surface area contributed by atoms with E-state index in [1.165, 1.54) is 43.3 Å². The summed E-state index contributed by atoms with van der Waals surface area (Å²) >= 11 is 16.2. The lowest BCUT2D eigenvalue weighted by molar-refractivity contribution is -0.140. The highest BCUT2D eigenvalue weighted by molar-refractivity contribution is 9.10. The van der Waals surface area contributed by atoms with Crippen molar-refractivity contribution in [1.29, 1.82) is 0 Å². The topological polar surface area (TPSA) is 69.9 Å². The summed E-state index contributed by atoms with van der Waals surface area (Å²) in [5, 5.41) is 0.617. The first-order chi connectivity index (χ1) is 18.5. The zero-order valence-corrected chi connectivity index (χ0v) is 23.7. The maximum Gasteiger partial charge on any atom is 0.434 e. The monoisotopic (exact) mass is 658 g/mol. The van der Waals surface area contributed by atoms with Crippen LogP contribution in [-0.4, -0.2) is 29.9 Å². The highest BCUT2D eigenvalue weighted by atomic mass is 79.9. The van der Waals surface area contributed by atoms with E-state index in [0.29, 0.717) is 31.4 Å². The molecule has 0 saturated carbocycles. The molecule has 2 aromatic carbocycles. The van der Waals surface area contributed by atoms with Crippen LogP contribution >= 0.6 is 50.5 Å². The van der Waals surface area contributed by atoms with E-state index < -0.39 is 35.0 Å². The summed E-state index contributed by atoms with van der Waals surface area (Å²) in [4.78, 5) is 30.1. The molecule has 6 nitrogen and oxygen atoms in total. The number of hydrogen-bond donors (Lipinski definition) is 0. The summed E-state index contributed by atoms with van der Waals surface area (Å²) in [6.07, 6.45) is 1.69. The van der Waals surface area contributed by atoms with Crippen LogP contribution in [0.2, 0.25) is 10.0 Å². The maximum absolute atomic E-state index is 14.2. The number of benzene rings is 2. The van der Waals surface area contributed by atoms with Gasteiger partial charge in [0.25, 0.3) is 5.56 Å². The third kappa shape index (κ3) is 5.94. The minimum atomic E-state index is -5.02. The first-order valence-electron chi connectivity index (χ1n) is 11.1. The number of hydrogen-bond acceptors (Lipinski definition) is 6. The first kappa shape index (κ1) is 29.0. The van der Waals surface area contributed by atoms with Crippen LogP contribution in [0, 0.1) is 12.3 Å². The molecule has 0 radical (unpaired) electrons. The lowest BCUT2D eigenvalue weighted by Crippen LogP contribution is -2.41. The molecule has 0 saturated heterocycles. The van der Waals surface area contributed by atoms with Crippen molar-refractivity contribution in [2.45, 2.75) is 19.1 Å². The first-order valence-corrected chi connectivity index (χ1v) is 13.4. The molecule has 0 spiro atoms. The number of alkyl halides is 3. The molecule has 1 aliphatic rings. The van der Waals surface area contributed by atoms with Crippen molar-refractivity contribution >= 4 is 62.5 Å². The van der Waals surface area contributed by atoms with E-state index in [-0.39, 0.29) is 33.9 Å². The van der Waals surface area contributed by atoms with Crippen LogP contribution in [0.1, 0.15) is 24.1 Å².